The highest BCUT2D eigenvalue weighted by Crippen LogP contribution is 2.29. The van der Waals surface area contributed by atoms with Gasteiger partial charge in [0.15, 0.2) is 0 Å². The monoisotopic (exact) mass is 393 g/mol. The summed E-state index contributed by atoms with van der Waals surface area (Å²) in [6, 6.07) is 9.69. The van der Waals surface area contributed by atoms with Crippen LogP contribution in [0.4, 0.5) is 13.2 Å². The van der Waals surface area contributed by atoms with E-state index in [2.05, 4.69) is 27.6 Å². The number of alkyl halides is 3. The highest BCUT2D eigenvalue weighted by Gasteiger charge is 2.30. The first kappa shape index (κ1) is 15.2. The van der Waals surface area contributed by atoms with Crippen molar-refractivity contribution in [3.63, 3.8) is 0 Å². The fourth-order valence-corrected chi connectivity index (χ4v) is 2.08. The highest BCUT2D eigenvalue weighted by atomic mass is 127. The Labute approximate surface area is 127 Å². The fourth-order valence-electron chi connectivity index (χ4n) is 1.72. The van der Waals surface area contributed by atoms with E-state index in [9.17, 15) is 18.3 Å². The van der Waals surface area contributed by atoms with Gasteiger partial charge in [0.25, 0.3) is 0 Å². The zero-order valence-corrected chi connectivity index (χ0v) is 12.4. The Balaban J connectivity index is 2.09. The lowest BCUT2D eigenvalue weighted by Crippen LogP contribution is -2.08. The number of benzene rings is 1. The van der Waals surface area contributed by atoms with E-state index < -0.39 is 17.8 Å². The molecule has 0 aliphatic heterocycles. The Morgan fingerprint density at radius 1 is 1.10 bits per heavy atom. The van der Waals surface area contributed by atoms with Crippen molar-refractivity contribution in [2.75, 3.05) is 0 Å². The maximum atomic E-state index is 12.4. The zero-order chi connectivity index (χ0) is 14.8. The van der Waals surface area contributed by atoms with Crippen molar-refractivity contribution in [2.45, 2.75) is 18.7 Å². The Bertz CT molecular complexity index is 566. The average molecular weight is 393 g/mol. The van der Waals surface area contributed by atoms with Crippen LogP contribution in [-0.2, 0) is 12.6 Å². The smallest absolute Gasteiger partial charge is 0.386 e. The first-order valence-electron chi connectivity index (χ1n) is 5.82. The molecule has 1 atom stereocenters. The molecule has 1 N–H and O–H groups in total. The van der Waals surface area contributed by atoms with Gasteiger partial charge in [0.1, 0.15) is 0 Å². The number of halogens is 4. The van der Waals surface area contributed by atoms with Crippen molar-refractivity contribution in [1.29, 1.82) is 0 Å². The fraction of sp³-hybridized carbons (Fsp3) is 0.214. The van der Waals surface area contributed by atoms with Gasteiger partial charge in [0, 0.05) is 16.2 Å². The summed E-state index contributed by atoms with van der Waals surface area (Å²) in [5, 5.41) is 9.99. The molecule has 2 aromatic rings. The van der Waals surface area contributed by atoms with Crippen LogP contribution >= 0.6 is 22.6 Å². The van der Waals surface area contributed by atoms with Gasteiger partial charge in [-0.05, 0) is 52.4 Å². The minimum atomic E-state index is -4.41. The molecule has 1 aromatic heterocycles. The second-order valence-corrected chi connectivity index (χ2v) is 5.56. The van der Waals surface area contributed by atoms with Gasteiger partial charge in [-0.25, -0.2) is 0 Å². The third-order valence-corrected chi connectivity index (χ3v) is 3.52. The molecule has 2 rings (SSSR count). The molecular weight excluding hydrogens is 382 g/mol. The van der Waals surface area contributed by atoms with Crippen LogP contribution < -0.4 is 0 Å². The molecule has 0 aliphatic rings. The van der Waals surface area contributed by atoms with Crippen LogP contribution in [0.3, 0.4) is 0 Å². The summed E-state index contributed by atoms with van der Waals surface area (Å²) in [5.74, 6) is 0. The van der Waals surface area contributed by atoms with Gasteiger partial charge in [-0.2, -0.15) is 13.2 Å². The van der Waals surface area contributed by atoms with Gasteiger partial charge < -0.3 is 5.11 Å². The van der Waals surface area contributed by atoms with E-state index in [1.807, 2.05) is 24.3 Å². The second-order valence-electron chi connectivity index (χ2n) is 4.32. The second kappa shape index (κ2) is 6.09. The highest BCUT2D eigenvalue weighted by molar-refractivity contribution is 14.1. The maximum Gasteiger partial charge on any atom is 0.417 e. The first-order chi connectivity index (χ1) is 9.36. The standard InChI is InChI=1S/C14H11F3INO/c15-14(16,17)10-3-6-12(19-8-10)13(20)7-9-1-4-11(18)5-2-9/h1-6,8,13,20H,7H2. The topological polar surface area (TPSA) is 33.1 Å². The SMILES string of the molecule is OC(Cc1ccc(I)cc1)c1ccc(C(F)(F)F)cn1. The third kappa shape index (κ3) is 3.92. The number of aliphatic hydroxyl groups is 1. The summed E-state index contributed by atoms with van der Waals surface area (Å²) in [7, 11) is 0. The molecule has 0 saturated carbocycles. The van der Waals surface area contributed by atoms with Crippen LogP contribution in [-0.4, -0.2) is 10.1 Å². The Morgan fingerprint density at radius 2 is 1.75 bits per heavy atom. The molecule has 1 aromatic carbocycles. The molecule has 1 unspecified atom stereocenters. The molecule has 106 valence electrons. The number of nitrogens with zero attached hydrogens (tertiary/aromatic N) is 1. The summed E-state index contributed by atoms with van der Waals surface area (Å²) in [4.78, 5) is 3.69. The van der Waals surface area contributed by atoms with E-state index >= 15 is 0 Å². The molecule has 0 aliphatic carbocycles. The Hall–Kier alpha value is -1.15. The molecule has 6 heteroatoms. The number of rotatable bonds is 3. The minimum Gasteiger partial charge on any atom is -0.386 e. The van der Waals surface area contributed by atoms with E-state index in [-0.39, 0.29) is 5.69 Å². The summed E-state index contributed by atoms with van der Waals surface area (Å²) in [6.45, 7) is 0. The van der Waals surface area contributed by atoms with Crippen molar-refractivity contribution in [2.24, 2.45) is 0 Å². The van der Waals surface area contributed by atoms with Gasteiger partial charge in [-0.3, -0.25) is 4.98 Å². The van der Waals surface area contributed by atoms with Crippen LogP contribution in [0.2, 0.25) is 0 Å². The van der Waals surface area contributed by atoms with Gasteiger partial charge >= 0.3 is 6.18 Å². The van der Waals surface area contributed by atoms with E-state index in [1.54, 1.807) is 0 Å². The number of aromatic nitrogens is 1. The predicted octanol–water partition coefficient (Wildman–Crippen LogP) is 3.98. The van der Waals surface area contributed by atoms with Crippen molar-refractivity contribution in [3.05, 3.63) is 63.0 Å². The predicted molar refractivity (Wildman–Crippen MR) is 77.1 cm³/mol. The molecule has 1 heterocycles. The molecule has 2 nitrogen and oxygen atoms in total. The van der Waals surface area contributed by atoms with Crippen LogP contribution in [0.5, 0.6) is 0 Å². The van der Waals surface area contributed by atoms with Crippen molar-refractivity contribution in [1.82, 2.24) is 4.98 Å². The average Bonchev–Trinajstić information content (AvgIpc) is 2.40. The van der Waals surface area contributed by atoms with Crippen LogP contribution in [0.1, 0.15) is 22.9 Å². The van der Waals surface area contributed by atoms with Gasteiger partial charge in [0.2, 0.25) is 0 Å². The van der Waals surface area contributed by atoms with E-state index in [0.29, 0.717) is 6.42 Å². The minimum absolute atomic E-state index is 0.233. The lowest BCUT2D eigenvalue weighted by atomic mass is 10.0. The van der Waals surface area contributed by atoms with Crippen LogP contribution in [0, 0.1) is 3.57 Å². The van der Waals surface area contributed by atoms with Crippen LogP contribution in [0.25, 0.3) is 0 Å². The normalized spacial score (nSPS) is 13.2. The molecule has 0 saturated heterocycles. The molecule has 0 radical (unpaired) electrons. The Kier molecular flexibility index (Phi) is 4.64. The maximum absolute atomic E-state index is 12.4. The summed E-state index contributed by atoms with van der Waals surface area (Å²) in [6.07, 6.45) is -4.27. The van der Waals surface area contributed by atoms with E-state index in [4.69, 9.17) is 0 Å². The number of hydrogen-bond donors (Lipinski definition) is 1. The van der Waals surface area contributed by atoms with Gasteiger partial charge in [0.05, 0.1) is 17.4 Å². The van der Waals surface area contributed by atoms with Crippen molar-refractivity contribution in [3.8, 4) is 0 Å². The lowest BCUT2D eigenvalue weighted by molar-refractivity contribution is -0.137. The molecule has 0 spiro atoms. The summed E-state index contributed by atoms with van der Waals surface area (Å²) < 4.78 is 38.3. The van der Waals surface area contributed by atoms with E-state index in [1.165, 1.54) is 6.07 Å². The third-order valence-electron chi connectivity index (χ3n) is 2.80. The van der Waals surface area contributed by atoms with Crippen molar-refractivity contribution >= 4 is 22.6 Å². The number of hydrogen-bond acceptors (Lipinski definition) is 2. The number of pyridine rings is 1. The molecular formula is C14H11F3INO. The van der Waals surface area contributed by atoms with Gasteiger partial charge in [-0.15, -0.1) is 0 Å². The van der Waals surface area contributed by atoms with Crippen LogP contribution in [0.15, 0.2) is 42.6 Å². The number of aliphatic hydroxyl groups excluding tert-OH is 1. The summed E-state index contributed by atoms with van der Waals surface area (Å²) in [5.41, 5.74) is 0.318. The zero-order valence-electron chi connectivity index (χ0n) is 10.2. The lowest BCUT2D eigenvalue weighted by Gasteiger charge is -2.12. The molecule has 0 fully saturated rings. The molecule has 0 bridgehead atoms. The molecule has 20 heavy (non-hydrogen) atoms. The first-order valence-corrected chi connectivity index (χ1v) is 6.90. The van der Waals surface area contributed by atoms with Crippen molar-refractivity contribution < 1.29 is 18.3 Å². The molecule has 0 amide bonds. The Morgan fingerprint density at radius 3 is 2.25 bits per heavy atom. The quantitative estimate of drug-likeness (QED) is 0.801. The van der Waals surface area contributed by atoms with E-state index in [0.717, 1.165) is 21.4 Å². The van der Waals surface area contributed by atoms with Gasteiger partial charge in [-0.1, -0.05) is 12.1 Å². The largest absolute Gasteiger partial charge is 0.417 e. The summed E-state index contributed by atoms with van der Waals surface area (Å²) >= 11 is 2.17.